The average molecular weight is 287 g/mol. The number of anilines is 2. The van der Waals surface area contributed by atoms with Crippen LogP contribution in [0.3, 0.4) is 0 Å². The first kappa shape index (κ1) is 14.6. The van der Waals surface area contributed by atoms with Crippen molar-refractivity contribution in [2.45, 2.75) is 6.92 Å². The van der Waals surface area contributed by atoms with E-state index in [4.69, 9.17) is 15.2 Å². The molecule has 6 nitrogen and oxygen atoms in total. The summed E-state index contributed by atoms with van der Waals surface area (Å²) in [4.78, 5) is 16.3. The molecule has 0 aliphatic rings. The van der Waals surface area contributed by atoms with Crippen molar-refractivity contribution in [3.8, 4) is 11.5 Å². The third kappa shape index (κ3) is 3.42. The van der Waals surface area contributed by atoms with Crippen molar-refractivity contribution in [2.75, 3.05) is 25.3 Å². The Kier molecular flexibility index (Phi) is 4.27. The number of rotatable bonds is 4. The van der Waals surface area contributed by atoms with Crippen molar-refractivity contribution < 1.29 is 14.3 Å². The Morgan fingerprint density at radius 1 is 1.14 bits per heavy atom. The van der Waals surface area contributed by atoms with E-state index in [2.05, 4.69) is 10.3 Å². The topological polar surface area (TPSA) is 86.5 Å². The van der Waals surface area contributed by atoms with Gasteiger partial charge in [0.1, 0.15) is 11.5 Å². The summed E-state index contributed by atoms with van der Waals surface area (Å²) >= 11 is 0. The van der Waals surface area contributed by atoms with Crippen LogP contribution >= 0.6 is 0 Å². The Labute approximate surface area is 122 Å². The first-order chi connectivity index (χ1) is 10.0. The summed E-state index contributed by atoms with van der Waals surface area (Å²) < 4.78 is 10.3. The van der Waals surface area contributed by atoms with E-state index in [1.54, 1.807) is 38.5 Å². The van der Waals surface area contributed by atoms with Gasteiger partial charge in [-0.05, 0) is 13.0 Å². The maximum Gasteiger partial charge on any atom is 0.259 e. The highest BCUT2D eigenvalue weighted by Gasteiger charge is 2.12. The van der Waals surface area contributed by atoms with Crippen molar-refractivity contribution in [3.05, 3.63) is 41.7 Å². The first-order valence-corrected chi connectivity index (χ1v) is 6.30. The van der Waals surface area contributed by atoms with Crippen molar-refractivity contribution >= 4 is 17.3 Å². The van der Waals surface area contributed by atoms with E-state index in [1.807, 2.05) is 6.92 Å². The maximum absolute atomic E-state index is 12.2. The molecule has 2 rings (SSSR count). The van der Waals surface area contributed by atoms with Crippen LogP contribution in [0, 0.1) is 6.92 Å². The Hall–Kier alpha value is -2.76. The molecule has 6 heteroatoms. The summed E-state index contributed by atoms with van der Waals surface area (Å²) in [5, 5.41) is 2.75. The molecule has 1 aromatic carbocycles. The summed E-state index contributed by atoms with van der Waals surface area (Å²) in [5.74, 6) is 0.828. The Morgan fingerprint density at radius 2 is 1.76 bits per heavy atom. The molecule has 0 aliphatic carbocycles. The highest BCUT2D eigenvalue weighted by atomic mass is 16.5. The van der Waals surface area contributed by atoms with E-state index in [1.165, 1.54) is 6.20 Å². The summed E-state index contributed by atoms with van der Waals surface area (Å²) in [7, 11) is 3.09. The third-order valence-corrected chi connectivity index (χ3v) is 2.93. The number of pyridine rings is 1. The zero-order chi connectivity index (χ0) is 15.4. The molecule has 0 saturated heterocycles. The fraction of sp³-hybridized carbons (Fsp3) is 0.200. The summed E-state index contributed by atoms with van der Waals surface area (Å²) in [6, 6.07) is 6.76. The van der Waals surface area contributed by atoms with Crippen molar-refractivity contribution in [2.24, 2.45) is 0 Å². The van der Waals surface area contributed by atoms with E-state index in [0.717, 1.165) is 5.69 Å². The fourth-order valence-corrected chi connectivity index (χ4v) is 1.85. The molecule has 0 radical (unpaired) electrons. The second kappa shape index (κ2) is 6.13. The average Bonchev–Trinajstić information content (AvgIpc) is 2.46. The van der Waals surface area contributed by atoms with Gasteiger partial charge in [0.15, 0.2) is 0 Å². The van der Waals surface area contributed by atoms with E-state index in [-0.39, 0.29) is 5.91 Å². The largest absolute Gasteiger partial charge is 0.497 e. The van der Waals surface area contributed by atoms with Crippen LogP contribution in [-0.4, -0.2) is 25.1 Å². The minimum Gasteiger partial charge on any atom is -0.497 e. The van der Waals surface area contributed by atoms with Crippen LogP contribution in [0.15, 0.2) is 30.5 Å². The normalized spacial score (nSPS) is 10.0. The second-order valence-electron chi connectivity index (χ2n) is 4.47. The lowest BCUT2D eigenvalue weighted by Gasteiger charge is -2.11. The van der Waals surface area contributed by atoms with Gasteiger partial charge in [-0.1, -0.05) is 0 Å². The number of benzene rings is 1. The first-order valence-electron chi connectivity index (χ1n) is 6.30. The molecule has 0 bridgehead atoms. The minimum absolute atomic E-state index is 0.322. The van der Waals surface area contributed by atoms with Gasteiger partial charge in [-0.25, -0.2) is 0 Å². The quantitative estimate of drug-likeness (QED) is 0.900. The summed E-state index contributed by atoms with van der Waals surface area (Å²) in [5.41, 5.74) is 7.85. The number of nitrogens with two attached hydrogens (primary N) is 1. The van der Waals surface area contributed by atoms with Crippen LogP contribution in [0.25, 0.3) is 0 Å². The minimum atomic E-state index is -0.338. The number of amides is 1. The molecule has 0 fully saturated rings. The van der Waals surface area contributed by atoms with Gasteiger partial charge in [0.25, 0.3) is 5.91 Å². The van der Waals surface area contributed by atoms with Crippen molar-refractivity contribution in [1.29, 1.82) is 0 Å². The number of carbonyl (C=O) groups excluding carboxylic acids is 1. The maximum atomic E-state index is 12.2. The second-order valence-corrected chi connectivity index (χ2v) is 4.47. The van der Waals surface area contributed by atoms with E-state index < -0.39 is 0 Å². The molecule has 0 aliphatic heterocycles. The van der Waals surface area contributed by atoms with Crippen LogP contribution in [0.4, 0.5) is 11.4 Å². The molecule has 0 atom stereocenters. The number of nitrogen functional groups attached to an aromatic ring is 1. The zero-order valence-electron chi connectivity index (χ0n) is 12.1. The number of nitrogens with one attached hydrogen (secondary N) is 1. The smallest absolute Gasteiger partial charge is 0.259 e. The number of hydrogen-bond acceptors (Lipinski definition) is 5. The molecular formula is C15H17N3O3. The van der Waals surface area contributed by atoms with Gasteiger partial charge in [0.2, 0.25) is 0 Å². The molecule has 1 heterocycles. The van der Waals surface area contributed by atoms with Crippen LogP contribution < -0.4 is 20.5 Å². The van der Waals surface area contributed by atoms with Crippen molar-refractivity contribution in [1.82, 2.24) is 4.98 Å². The summed E-state index contributed by atoms with van der Waals surface area (Å²) in [6.07, 6.45) is 1.46. The van der Waals surface area contributed by atoms with E-state index in [0.29, 0.717) is 28.4 Å². The lowest BCUT2D eigenvalue weighted by atomic mass is 10.2. The number of aromatic nitrogens is 1. The monoisotopic (exact) mass is 287 g/mol. The van der Waals surface area contributed by atoms with Gasteiger partial charge in [0.05, 0.1) is 19.8 Å². The molecule has 3 N–H and O–H groups in total. The predicted molar refractivity (Wildman–Crippen MR) is 80.9 cm³/mol. The van der Waals surface area contributed by atoms with Gasteiger partial charge < -0.3 is 20.5 Å². The van der Waals surface area contributed by atoms with Crippen molar-refractivity contribution in [3.63, 3.8) is 0 Å². The van der Waals surface area contributed by atoms with Gasteiger partial charge in [-0.3, -0.25) is 9.78 Å². The Balaban J connectivity index is 2.26. The molecule has 1 amide bonds. The van der Waals surface area contributed by atoms with Crippen LogP contribution in [0.5, 0.6) is 11.5 Å². The molecular weight excluding hydrogens is 270 g/mol. The zero-order valence-corrected chi connectivity index (χ0v) is 12.1. The molecule has 0 unspecified atom stereocenters. The highest BCUT2D eigenvalue weighted by molar-refractivity contribution is 6.07. The van der Waals surface area contributed by atoms with Crippen LogP contribution in [0.1, 0.15) is 16.1 Å². The molecule has 2 aromatic rings. The molecule has 110 valence electrons. The molecule has 21 heavy (non-hydrogen) atoms. The van der Waals surface area contributed by atoms with E-state index in [9.17, 15) is 4.79 Å². The standard InChI is InChI=1S/C15H17N3O3/c1-9-4-14(16)13(8-17-9)15(19)18-10-5-11(20-2)7-12(6-10)21-3/h4-8H,1-3H3,(H2,16,17)(H,18,19). The van der Waals surface area contributed by atoms with Gasteiger partial charge in [-0.15, -0.1) is 0 Å². The summed E-state index contributed by atoms with van der Waals surface area (Å²) in [6.45, 7) is 1.81. The molecule has 1 aromatic heterocycles. The fourth-order valence-electron chi connectivity index (χ4n) is 1.85. The molecule has 0 spiro atoms. The number of carbonyl (C=O) groups is 1. The number of hydrogen-bond donors (Lipinski definition) is 2. The van der Waals surface area contributed by atoms with Gasteiger partial charge in [-0.2, -0.15) is 0 Å². The SMILES string of the molecule is COc1cc(NC(=O)c2cnc(C)cc2N)cc(OC)c1. The Bertz CT molecular complexity index is 649. The van der Waals surface area contributed by atoms with Gasteiger partial charge >= 0.3 is 0 Å². The lowest BCUT2D eigenvalue weighted by molar-refractivity contribution is 0.102. The van der Waals surface area contributed by atoms with Crippen LogP contribution in [0.2, 0.25) is 0 Å². The lowest BCUT2D eigenvalue weighted by Crippen LogP contribution is -2.14. The van der Waals surface area contributed by atoms with Crippen LogP contribution in [-0.2, 0) is 0 Å². The van der Waals surface area contributed by atoms with E-state index >= 15 is 0 Å². The molecule has 0 saturated carbocycles. The van der Waals surface area contributed by atoms with Gasteiger partial charge in [0, 0.05) is 41.5 Å². The number of methoxy groups -OCH3 is 2. The number of nitrogens with zero attached hydrogens (tertiary/aromatic N) is 1. The predicted octanol–water partition coefficient (Wildman–Crippen LogP) is 2.24. The third-order valence-electron chi connectivity index (χ3n) is 2.93. The number of ether oxygens (including phenoxy) is 2. The Morgan fingerprint density at radius 3 is 2.29 bits per heavy atom. The highest BCUT2D eigenvalue weighted by Crippen LogP contribution is 2.26. The number of aryl methyl sites for hydroxylation is 1.